The second-order valence-corrected chi connectivity index (χ2v) is 3.73. The quantitative estimate of drug-likeness (QED) is 0.832. The SMILES string of the molecule is CC(O)c1cccc(-c2ccc(CO)o2)c1. The average molecular weight is 218 g/mol. The predicted molar refractivity (Wildman–Crippen MR) is 60.7 cm³/mol. The number of aliphatic hydroxyl groups is 2. The minimum absolute atomic E-state index is 0.101. The first-order valence-corrected chi connectivity index (χ1v) is 5.18. The molecule has 0 saturated carbocycles. The lowest BCUT2D eigenvalue weighted by molar-refractivity contribution is 0.199. The first kappa shape index (κ1) is 10.9. The van der Waals surface area contributed by atoms with Crippen molar-refractivity contribution in [2.45, 2.75) is 19.6 Å². The van der Waals surface area contributed by atoms with Gasteiger partial charge in [0.15, 0.2) is 0 Å². The van der Waals surface area contributed by atoms with Crippen LogP contribution in [0.3, 0.4) is 0 Å². The molecule has 0 fully saturated rings. The monoisotopic (exact) mass is 218 g/mol. The van der Waals surface area contributed by atoms with Crippen LogP contribution in [0, 0.1) is 0 Å². The Morgan fingerprint density at radius 2 is 2.06 bits per heavy atom. The third-order valence-corrected chi connectivity index (χ3v) is 2.47. The first-order chi connectivity index (χ1) is 7.70. The van der Waals surface area contributed by atoms with Crippen LogP contribution in [0.25, 0.3) is 11.3 Å². The number of hydrogen-bond donors (Lipinski definition) is 2. The molecular formula is C13H14O3. The van der Waals surface area contributed by atoms with Crippen molar-refractivity contribution in [2.75, 3.05) is 0 Å². The van der Waals surface area contributed by atoms with Crippen molar-refractivity contribution < 1.29 is 14.6 Å². The van der Waals surface area contributed by atoms with Crippen LogP contribution >= 0.6 is 0 Å². The van der Waals surface area contributed by atoms with Gasteiger partial charge in [0.1, 0.15) is 18.1 Å². The van der Waals surface area contributed by atoms with Crippen molar-refractivity contribution in [3.05, 3.63) is 47.7 Å². The van der Waals surface area contributed by atoms with Crippen LogP contribution in [0.15, 0.2) is 40.8 Å². The van der Waals surface area contributed by atoms with E-state index in [1.165, 1.54) is 0 Å². The summed E-state index contributed by atoms with van der Waals surface area (Å²) in [4.78, 5) is 0. The molecule has 0 aliphatic rings. The molecule has 3 heteroatoms. The molecule has 0 aliphatic heterocycles. The molecule has 2 aromatic rings. The summed E-state index contributed by atoms with van der Waals surface area (Å²) in [5.74, 6) is 1.24. The number of furan rings is 1. The van der Waals surface area contributed by atoms with Crippen molar-refractivity contribution in [1.82, 2.24) is 0 Å². The van der Waals surface area contributed by atoms with Gasteiger partial charge in [0.2, 0.25) is 0 Å². The summed E-state index contributed by atoms with van der Waals surface area (Å²) >= 11 is 0. The molecule has 1 aromatic carbocycles. The molecule has 0 amide bonds. The van der Waals surface area contributed by atoms with Gasteiger partial charge in [0, 0.05) is 5.56 Å². The van der Waals surface area contributed by atoms with Crippen LogP contribution in [-0.2, 0) is 6.61 Å². The molecule has 0 aliphatic carbocycles. The normalized spacial score (nSPS) is 12.7. The highest BCUT2D eigenvalue weighted by atomic mass is 16.4. The Kier molecular flexibility index (Phi) is 3.08. The van der Waals surface area contributed by atoms with Gasteiger partial charge in [-0.15, -0.1) is 0 Å². The maximum atomic E-state index is 9.48. The zero-order chi connectivity index (χ0) is 11.5. The maximum Gasteiger partial charge on any atom is 0.134 e. The van der Waals surface area contributed by atoms with E-state index in [1.54, 1.807) is 13.0 Å². The fraction of sp³-hybridized carbons (Fsp3) is 0.231. The van der Waals surface area contributed by atoms with Crippen molar-refractivity contribution >= 4 is 0 Å². The van der Waals surface area contributed by atoms with E-state index in [1.807, 2.05) is 30.3 Å². The van der Waals surface area contributed by atoms with Gasteiger partial charge in [0.25, 0.3) is 0 Å². The van der Waals surface area contributed by atoms with Gasteiger partial charge in [-0.25, -0.2) is 0 Å². The Bertz CT molecular complexity index is 472. The van der Waals surface area contributed by atoms with E-state index in [0.717, 1.165) is 11.1 Å². The van der Waals surface area contributed by atoms with Gasteiger partial charge in [-0.3, -0.25) is 0 Å². The van der Waals surface area contributed by atoms with Crippen molar-refractivity contribution in [2.24, 2.45) is 0 Å². The third kappa shape index (κ3) is 2.15. The lowest BCUT2D eigenvalue weighted by Crippen LogP contribution is -1.90. The van der Waals surface area contributed by atoms with Crippen LogP contribution in [0.2, 0.25) is 0 Å². The fourth-order valence-corrected chi connectivity index (χ4v) is 1.57. The number of hydrogen-bond acceptors (Lipinski definition) is 3. The number of benzene rings is 1. The molecule has 2 rings (SSSR count). The Balaban J connectivity index is 2.36. The zero-order valence-corrected chi connectivity index (χ0v) is 9.05. The smallest absolute Gasteiger partial charge is 0.134 e. The van der Waals surface area contributed by atoms with E-state index in [9.17, 15) is 5.11 Å². The van der Waals surface area contributed by atoms with Crippen molar-refractivity contribution in [3.63, 3.8) is 0 Å². The molecule has 3 nitrogen and oxygen atoms in total. The minimum atomic E-state index is -0.493. The van der Waals surface area contributed by atoms with Gasteiger partial charge in [-0.2, -0.15) is 0 Å². The Hall–Kier alpha value is -1.58. The second-order valence-electron chi connectivity index (χ2n) is 3.73. The molecule has 16 heavy (non-hydrogen) atoms. The maximum absolute atomic E-state index is 9.48. The lowest BCUT2D eigenvalue weighted by Gasteiger charge is -2.05. The van der Waals surface area contributed by atoms with Crippen molar-refractivity contribution in [1.29, 1.82) is 0 Å². The van der Waals surface area contributed by atoms with Gasteiger partial charge in [0.05, 0.1) is 6.10 Å². The largest absolute Gasteiger partial charge is 0.459 e. The minimum Gasteiger partial charge on any atom is -0.459 e. The molecular weight excluding hydrogens is 204 g/mol. The first-order valence-electron chi connectivity index (χ1n) is 5.18. The van der Waals surface area contributed by atoms with E-state index < -0.39 is 6.10 Å². The Morgan fingerprint density at radius 1 is 1.25 bits per heavy atom. The van der Waals surface area contributed by atoms with Gasteiger partial charge < -0.3 is 14.6 Å². The van der Waals surface area contributed by atoms with E-state index >= 15 is 0 Å². The molecule has 0 radical (unpaired) electrons. The highest BCUT2D eigenvalue weighted by molar-refractivity contribution is 5.58. The van der Waals surface area contributed by atoms with Crippen LogP contribution in [-0.4, -0.2) is 10.2 Å². The summed E-state index contributed by atoms with van der Waals surface area (Å²) in [6.45, 7) is 1.62. The average Bonchev–Trinajstić information content (AvgIpc) is 2.77. The molecule has 0 spiro atoms. The topological polar surface area (TPSA) is 53.6 Å². The molecule has 2 N–H and O–H groups in total. The summed E-state index contributed by atoms with van der Waals surface area (Å²) in [5.41, 5.74) is 1.75. The van der Waals surface area contributed by atoms with E-state index in [4.69, 9.17) is 9.52 Å². The summed E-state index contributed by atoms with van der Waals surface area (Å²) < 4.78 is 5.42. The van der Waals surface area contributed by atoms with Gasteiger partial charge in [-0.1, -0.05) is 18.2 Å². The van der Waals surface area contributed by atoms with E-state index in [0.29, 0.717) is 11.5 Å². The van der Waals surface area contributed by atoms with Gasteiger partial charge in [-0.05, 0) is 30.7 Å². The summed E-state index contributed by atoms with van der Waals surface area (Å²) in [7, 11) is 0. The molecule has 0 bridgehead atoms. The Labute approximate surface area is 94.0 Å². The molecule has 0 saturated heterocycles. The summed E-state index contributed by atoms with van der Waals surface area (Å²) in [5, 5.41) is 18.4. The second kappa shape index (κ2) is 4.51. The molecule has 1 aromatic heterocycles. The van der Waals surface area contributed by atoms with Gasteiger partial charge >= 0.3 is 0 Å². The number of aliphatic hydroxyl groups excluding tert-OH is 2. The zero-order valence-electron chi connectivity index (χ0n) is 9.05. The van der Waals surface area contributed by atoms with Crippen LogP contribution in [0.5, 0.6) is 0 Å². The highest BCUT2D eigenvalue weighted by Crippen LogP contribution is 2.25. The van der Waals surface area contributed by atoms with E-state index in [-0.39, 0.29) is 6.61 Å². The fourth-order valence-electron chi connectivity index (χ4n) is 1.57. The predicted octanol–water partition coefficient (Wildman–Crippen LogP) is 2.49. The third-order valence-electron chi connectivity index (χ3n) is 2.47. The molecule has 1 heterocycles. The standard InChI is InChI=1S/C13H14O3/c1-9(15)10-3-2-4-11(7-10)13-6-5-12(8-14)16-13/h2-7,9,14-15H,8H2,1H3. The number of rotatable bonds is 3. The molecule has 1 unspecified atom stereocenters. The van der Waals surface area contributed by atoms with Crippen molar-refractivity contribution in [3.8, 4) is 11.3 Å². The molecule has 1 atom stereocenters. The van der Waals surface area contributed by atoms with Crippen LogP contribution < -0.4 is 0 Å². The lowest BCUT2D eigenvalue weighted by atomic mass is 10.1. The summed E-state index contributed by atoms with van der Waals surface area (Å²) in [6.07, 6.45) is -0.493. The molecule has 84 valence electrons. The van der Waals surface area contributed by atoms with E-state index in [2.05, 4.69) is 0 Å². The highest BCUT2D eigenvalue weighted by Gasteiger charge is 2.06. The van der Waals surface area contributed by atoms with Crippen LogP contribution in [0.4, 0.5) is 0 Å². The summed E-state index contributed by atoms with van der Waals surface area (Å²) in [6, 6.07) is 11.1. The Morgan fingerprint density at radius 3 is 2.69 bits per heavy atom. The van der Waals surface area contributed by atoms with Crippen LogP contribution in [0.1, 0.15) is 24.4 Å².